The van der Waals surface area contributed by atoms with Gasteiger partial charge in [-0.3, -0.25) is 4.90 Å². The van der Waals surface area contributed by atoms with Crippen LogP contribution in [0.15, 0.2) is 0 Å². The van der Waals surface area contributed by atoms with Gasteiger partial charge in [0, 0.05) is 31.7 Å². The molecule has 1 saturated carbocycles. The summed E-state index contributed by atoms with van der Waals surface area (Å²) in [6, 6.07) is 1.56. The largest absolute Gasteiger partial charge is 0.313 e. The van der Waals surface area contributed by atoms with E-state index < -0.39 is 0 Å². The Labute approximate surface area is 120 Å². The van der Waals surface area contributed by atoms with Crippen molar-refractivity contribution >= 4 is 0 Å². The Morgan fingerprint density at radius 3 is 2.53 bits per heavy atom. The fourth-order valence-corrected chi connectivity index (χ4v) is 4.16. The summed E-state index contributed by atoms with van der Waals surface area (Å²) in [7, 11) is 0. The molecular weight excluding hydrogens is 232 g/mol. The van der Waals surface area contributed by atoms with E-state index in [0.717, 1.165) is 29.8 Å². The first-order valence-corrected chi connectivity index (χ1v) is 8.53. The van der Waals surface area contributed by atoms with E-state index in [1.54, 1.807) is 0 Å². The summed E-state index contributed by atoms with van der Waals surface area (Å²) >= 11 is 0. The lowest BCUT2D eigenvalue weighted by molar-refractivity contribution is 0.0792. The number of hydrogen-bond acceptors (Lipinski definition) is 2. The summed E-state index contributed by atoms with van der Waals surface area (Å²) in [6.07, 6.45) is 7.06. The van der Waals surface area contributed by atoms with Gasteiger partial charge in [0.05, 0.1) is 0 Å². The number of rotatable bonds is 4. The van der Waals surface area contributed by atoms with Crippen LogP contribution in [0.3, 0.4) is 0 Å². The van der Waals surface area contributed by atoms with Crippen LogP contribution < -0.4 is 5.32 Å². The van der Waals surface area contributed by atoms with E-state index in [1.165, 1.54) is 51.7 Å². The van der Waals surface area contributed by atoms with Gasteiger partial charge < -0.3 is 5.32 Å². The molecule has 2 heteroatoms. The van der Waals surface area contributed by atoms with E-state index in [4.69, 9.17) is 0 Å². The minimum absolute atomic E-state index is 0.767. The molecule has 0 radical (unpaired) electrons. The van der Waals surface area contributed by atoms with E-state index in [0.29, 0.717) is 0 Å². The van der Waals surface area contributed by atoms with E-state index in [9.17, 15) is 0 Å². The van der Waals surface area contributed by atoms with Crippen LogP contribution in [-0.2, 0) is 0 Å². The third-order valence-corrected chi connectivity index (χ3v) is 5.49. The van der Waals surface area contributed by atoms with Crippen molar-refractivity contribution in [3.8, 4) is 0 Å². The van der Waals surface area contributed by atoms with Crippen molar-refractivity contribution in [1.82, 2.24) is 10.2 Å². The molecule has 0 amide bonds. The summed E-state index contributed by atoms with van der Waals surface area (Å²) in [5, 5.41) is 3.81. The number of piperidine rings is 1. The molecule has 0 spiro atoms. The molecule has 2 aliphatic rings. The Balaban J connectivity index is 1.69. The molecule has 0 aromatic heterocycles. The van der Waals surface area contributed by atoms with Crippen LogP contribution >= 0.6 is 0 Å². The Bertz CT molecular complexity index is 266. The zero-order valence-corrected chi connectivity index (χ0v) is 13.5. The maximum Gasteiger partial charge on any atom is 0.0110 e. The number of nitrogens with zero attached hydrogens (tertiary/aromatic N) is 1. The third-order valence-electron chi connectivity index (χ3n) is 5.49. The highest BCUT2D eigenvalue weighted by molar-refractivity contribution is 4.83. The lowest BCUT2D eigenvalue weighted by atomic mass is 9.86. The molecular formula is C17H34N2. The van der Waals surface area contributed by atoms with Crippen LogP contribution in [-0.4, -0.2) is 36.6 Å². The van der Waals surface area contributed by atoms with Crippen molar-refractivity contribution in [2.24, 2.45) is 17.8 Å². The van der Waals surface area contributed by atoms with Gasteiger partial charge in [-0.15, -0.1) is 0 Å². The molecule has 0 aromatic carbocycles. The van der Waals surface area contributed by atoms with Gasteiger partial charge in [0.1, 0.15) is 0 Å². The molecule has 1 saturated heterocycles. The fraction of sp³-hybridized carbons (Fsp3) is 1.00. The normalized spacial score (nSPS) is 41.4. The molecule has 112 valence electrons. The smallest absolute Gasteiger partial charge is 0.0110 e. The lowest BCUT2D eigenvalue weighted by Gasteiger charge is -2.41. The third kappa shape index (κ3) is 4.46. The quantitative estimate of drug-likeness (QED) is 0.837. The van der Waals surface area contributed by atoms with Gasteiger partial charge in [-0.05, 0) is 43.9 Å². The molecule has 2 fully saturated rings. The number of nitrogens with one attached hydrogen (secondary N) is 1. The molecule has 5 atom stereocenters. The summed E-state index contributed by atoms with van der Waals surface area (Å²) < 4.78 is 0. The first-order chi connectivity index (χ1) is 9.06. The monoisotopic (exact) mass is 266 g/mol. The van der Waals surface area contributed by atoms with E-state index in [2.05, 4.69) is 37.9 Å². The van der Waals surface area contributed by atoms with Crippen molar-refractivity contribution < 1.29 is 0 Å². The van der Waals surface area contributed by atoms with Crippen LogP contribution in [0.1, 0.15) is 59.8 Å². The zero-order chi connectivity index (χ0) is 13.8. The summed E-state index contributed by atoms with van der Waals surface area (Å²) in [5.41, 5.74) is 0. The fourth-order valence-electron chi connectivity index (χ4n) is 4.16. The second-order valence-corrected chi connectivity index (χ2v) is 7.48. The van der Waals surface area contributed by atoms with Crippen molar-refractivity contribution in [2.45, 2.75) is 71.9 Å². The first kappa shape index (κ1) is 15.3. The van der Waals surface area contributed by atoms with Gasteiger partial charge in [0.15, 0.2) is 0 Å². The van der Waals surface area contributed by atoms with Crippen molar-refractivity contribution in [1.29, 1.82) is 0 Å². The van der Waals surface area contributed by atoms with Crippen molar-refractivity contribution in [2.75, 3.05) is 19.6 Å². The van der Waals surface area contributed by atoms with Gasteiger partial charge in [0.25, 0.3) is 0 Å². The minimum Gasteiger partial charge on any atom is -0.313 e. The van der Waals surface area contributed by atoms with Crippen molar-refractivity contribution in [3.63, 3.8) is 0 Å². The van der Waals surface area contributed by atoms with Crippen LogP contribution in [0.25, 0.3) is 0 Å². The molecule has 0 aromatic rings. The van der Waals surface area contributed by atoms with Gasteiger partial charge in [0.2, 0.25) is 0 Å². The van der Waals surface area contributed by atoms with Crippen LogP contribution in [0, 0.1) is 17.8 Å². The molecule has 1 aliphatic heterocycles. The highest BCUT2D eigenvalue weighted by Crippen LogP contribution is 2.26. The highest BCUT2D eigenvalue weighted by atomic mass is 15.2. The minimum atomic E-state index is 0.767. The molecule has 2 nitrogen and oxygen atoms in total. The second-order valence-electron chi connectivity index (χ2n) is 7.48. The van der Waals surface area contributed by atoms with Gasteiger partial charge in [-0.25, -0.2) is 0 Å². The summed E-state index contributed by atoms with van der Waals surface area (Å²) in [4.78, 5) is 2.71. The number of hydrogen-bond donors (Lipinski definition) is 1. The number of likely N-dealkylation sites (tertiary alicyclic amines) is 1. The first-order valence-electron chi connectivity index (χ1n) is 8.53. The van der Waals surface area contributed by atoms with Crippen LogP contribution in [0.5, 0.6) is 0 Å². The molecule has 19 heavy (non-hydrogen) atoms. The average Bonchev–Trinajstić information content (AvgIpc) is 2.35. The lowest BCUT2D eigenvalue weighted by Crippen LogP contribution is -2.49. The molecule has 1 heterocycles. The molecule has 5 unspecified atom stereocenters. The van der Waals surface area contributed by atoms with Gasteiger partial charge in [-0.1, -0.05) is 33.6 Å². The van der Waals surface area contributed by atoms with Crippen LogP contribution in [0.2, 0.25) is 0 Å². The second kappa shape index (κ2) is 7.08. The van der Waals surface area contributed by atoms with Crippen molar-refractivity contribution in [3.05, 3.63) is 0 Å². The van der Waals surface area contributed by atoms with E-state index >= 15 is 0 Å². The Hall–Kier alpha value is -0.0800. The topological polar surface area (TPSA) is 15.3 Å². The Morgan fingerprint density at radius 2 is 1.79 bits per heavy atom. The predicted octanol–water partition coefficient (Wildman–Crippen LogP) is 3.52. The molecule has 1 aliphatic carbocycles. The maximum absolute atomic E-state index is 3.81. The Kier molecular flexibility index (Phi) is 5.70. The summed E-state index contributed by atoms with van der Waals surface area (Å²) in [6.45, 7) is 13.4. The molecule has 1 N–H and O–H groups in total. The van der Waals surface area contributed by atoms with Gasteiger partial charge in [-0.2, -0.15) is 0 Å². The van der Waals surface area contributed by atoms with Gasteiger partial charge >= 0.3 is 0 Å². The molecule has 2 rings (SSSR count). The van der Waals surface area contributed by atoms with E-state index in [1.807, 2.05) is 0 Å². The standard InChI is InChI=1S/C17H34N2/c1-13-6-5-7-17(11-13)18-8-9-19-12-14(2)10-15(3)16(19)4/h13-18H,5-12H2,1-4H3. The Morgan fingerprint density at radius 1 is 1.00 bits per heavy atom. The SMILES string of the molecule is CC1CCCC(NCCN2CC(C)CC(C)C2C)C1. The van der Waals surface area contributed by atoms with E-state index in [-0.39, 0.29) is 0 Å². The van der Waals surface area contributed by atoms with Crippen LogP contribution in [0.4, 0.5) is 0 Å². The summed E-state index contributed by atoms with van der Waals surface area (Å²) in [5.74, 6) is 2.67. The highest BCUT2D eigenvalue weighted by Gasteiger charge is 2.28. The molecule has 0 bridgehead atoms. The predicted molar refractivity (Wildman–Crippen MR) is 83.4 cm³/mol. The average molecular weight is 266 g/mol. The maximum atomic E-state index is 3.81. The zero-order valence-electron chi connectivity index (χ0n) is 13.5.